The Morgan fingerprint density at radius 3 is 2.00 bits per heavy atom. The second kappa shape index (κ2) is 3.88. The summed E-state index contributed by atoms with van der Waals surface area (Å²) in [7, 11) is 0. The van der Waals surface area contributed by atoms with E-state index in [1.54, 1.807) is 20.8 Å². The van der Waals surface area contributed by atoms with Crippen molar-refractivity contribution >= 4 is 0 Å². The molecule has 1 rings (SSSR count). The average Bonchev–Trinajstić information content (AvgIpc) is 2.46. The number of alkyl halides is 5. The Morgan fingerprint density at radius 1 is 1.06 bits per heavy atom. The molecule has 0 aliphatic rings. The number of rotatable bonds is 2. The van der Waals surface area contributed by atoms with Gasteiger partial charge in [-0.15, -0.1) is 5.10 Å². The highest BCUT2D eigenvalue weighted by Gasteiger charge is 2.61. The van der Waals surface area contributed by atoms with Gasteiger partial charge in [-0.05, 0) is 15.8 Å². The van der Waals surface area contributed by atoms with E-state index in [9.17, 15) is 22.0 Å². The van der Waals surface area contributed by atoms with Crippen molar-refractivity contribution in [3.63, 3.8) is 0 Å². The first-order valence-electron chi connectivity index (χ1n) is 4.67. The van der Waals surface area contributed by atoms with Crippen LogP contribution in [0.15, 0.2) is 0 Å². The molecule has 0 aliphatic heterocycles. The van der Waals surface area contributed by atoms with Crippen LogP contribution in [-0.4, -0.2) is 26.4 Å². The first-order valence-corrected chi connectivity index (χ1v) is 4.67. The molecule has 0 aromatic carbocycles. The maximum atomic E-state index is 13.0. The third kappa shape index (κ3) is 2.89. The summed E-state index contributed by atoms with van der Waals surface area (Å²) in [6.45, 7) is 5.03. The molecule has 0 atom stereocenters. The van der Waals surface area contributed by atoms with Gasteiger partial charge in [0.15, 0.2) is 5.82 Å². The third-order valence-corrected chi connectivity index (χ3v) is 1.83. The van der Waals surface area contributed by atoms with E-state index in [0.29, 0.717) is 0 Å². The molecule has 0 spiro atoms. The fraction of sp³-hybridized carbons (Fsp3) is 0.875. The second-order valence-corrected chi connectivity index (χ2v) is 4.78. The highest BCUT2D eigenvalue weighted by molar-refractivity contribution is 4.90. The van der Waals surface area contributed by atoms with Gasteiger partial charge in [-0.1, -0.05) is 20.8 Å². The van der Waals surface area contributed by atoms with Crippen LogP contribution in [0.3, 0.4) is 0 Å². The molecule has 0 N–H and O–H groups in total. The van der Waals surface area contributed by atoms with Crippen LogP contribution in [0.5, 0.6) is 0 Å². The lowest BCUT2D eigenvalue weighted by atomic mass is 9.92. The maximum Gasteiger partial charge on any atom is 0.477 e. The van der Waals surface area contributed by atoms with Crippen LogP contribution in [0.25, 0.3) is 0 Å². The molecular formula is C8H11F5N4. The molecule has 0 aliphatic carbocycles. The molecule has 0 amide bonds. The highest BCUT2D eigenvalue weighted by Crippen LogP contribution is 2.39. The average molecular weight is 258 g/mol. The van der Waals surface area contributed by atoms with Crippen LogP contribution < -0.4 is 0 Å². The van der Waals surface area contributed by atoms with Gasteiger partial charge in [-0.2, -0.15) is 26.6 Å². The molecule has 0 fully saturated rings. The molecule has 1 aromatic rings. The fourth-order valence-electron chi connectivity index (χ4n) is 1.13. The van der Waals surface area contributed by atoms with E-state index in [0.717, 1.165) is 0 Å². The normalized spacial score (nSPS) is 14.1. The number of halogens is 5. The molecule has 0 bridgehead atoms. The zero-order valence-electron chi connectivity index (χ0n) is 9.39. The van der Waals surface area contributed by atoms with Gasteiger partial charge in [0.25, 0.3) is 0 Å². The van der Waals surface area contributed by atoms with Gasteiger partial charge < -0.3 is 0 Å². The van der Waals surface area contributed by atoms with Crippen LogP contribution in [-0.2, 0) is 12.5 Å². The van der Waals surface area contributed by atoms with Crippen LogP contribution >= 0.6 is 0 Å². The Kier molecular flexibility index (Phi) is 3.15. The Balaban J connectivity index is 3.13. The van der Waals surface area contributed by atoms with Crippen LogP contribution in [0.4, 0.5) is 22.0 Å². The predicted octanol–water partition coefficient (Wildman–Crippen LogP) is 2.37. The number of aromatic nitrogens is 4. The largest absolute Gasteiger partial charge is 0.477 e. The summed E-state index contributed by atoms with van der Waals surface area (Å²) < 4.78 is 62.0. The smallest absolute Gasteiger partial charge is 0.170 e. The van der Waals surface area contributed by atoms with Crippen molar-refractivity contribution in [3.05, 3.63) is 5.82 Å². The predicted molar refractivity (Wildman–Crippen MR) is 47.2 cm³/mol. The molecule has 4 nitrogen and oxygen atoms in total. The summed E-state index contributed by atoms with van der Waals surface area (Å²) in [4.78, 5) is 0. The summed E-state index contributed by atoms with van der Waals surface area (Å²) in [5.74, 6) is -0.500. The monoisotopic (exact) mass is 258 g/mol. The van der Waals surface area contributed by atoms with Gasteiger partial charge >= 0.3 is 12.2 Å². The van der Waals surface area contributed by atoms with E-state index in [1.165, 1.54) is 0 Å². The first kappa shape index (κ1) is 13.8. The fourth-order valence-corrected chi connectivity index (χ4v) is 1.13. The van der Waals surface area contributed by atoms with Crippen molar-refractivity contribution < 1.29 is 22.0 Å². The standard InChI is InChI=1S/C8H11F5N4/c1-6(2,3)4-5-14-15-16-17(5)8(12,13)7(9,10)11/h4H2,1-3H3. The van der Waals surface area contributed by atoms with Crippen molar-refractivity contribution in [2.75, 3.05) is 0 Å². The van der Waals surface area contributed by atoms with Crippen LogP contribution in [0.2, 0.25) is 0 Å². The van der Waals surface area contributed by atoms with E-state index < -0.39 is 28.1 Å². The molecule has 0 radical (unpaired) electrons. The van der Waals surface area contributed by atoms with Gasteiger partial charge in [0.1, 0.15) is 0 Å². The minimum Gasteiger partial charge on any atom is -0.170 e. The quantitative estimate of drug-likeness (QED) is 0.765. The summed E-state index contributed by atoms with van der Waals surface area (Å²) in [5, 5.41) is 8.80. The van der Waals surface area contributed by atoms with Crippen LogP contribution in [0.1, 0.15) is 26.6 Å². The topological polar surface area (TPSA) is 43.6 Å². The van der Waals surface area contributed by atoms with Crippen molar-refractivity contribution in [2.45, 2.75) is 39.4 Å². The lowest BCUT2D eigenvalue weighted by Gasteiger charge is -2.22. The van der Waals surface area contributed by atoms with Gasteiger partial charge in [-0.25, -0.2) is 0 Å². The van der Waals surface area contributed by atoms with Gasteiger partial charge in [0.2, 0.25) is 0 Å². The second-order valence-electron chi connectivity index (χ2n) is 4.78. The summed E-state index contributed by atoms with van der Waals surface area (Å²) in [6, 6.07) is -5.10. The Morgan fingerprint density at radius 2 is 1.59 bits per heavy atom. The molecule has 17 heavy (non-hydrogen) atoms. The molecule has 0 unspecified atom stereocenters. The number of hydrogen-bond acceptors (Lipinski definition) is 3. The van der Waals surface area contributed by atoms with E-state index in [2.05, 4.69) is 15.5 Å². The first-order chi connectivity index (χ1) is 7.45. The minimum atomic E-state index is -5.73. The van der Waals surface area contributed by atoms with Gasteiger partial charge in [-0.3, -0.25) is 0 Å². The summed E-state index contributed by atoms with van der Waals surface area (Å²) in [5.41, 5.74) is -0.506. The van der Waals surface area contributed by atoms with Gasteiger partial charge in [0, 0.05) is 6.42 Å². The van der Waals surface area contributed by atoms with Crippen molar-refractivity contribution in [1.82, 2.24) is 20.2 Å². The van der Waals surface area contributed by atoms with Crippen LogP contribution in [0, 0.1) is 5.41 Å². The number of hydrogen-bond donors (Lipinski definition) is 0. The maximum absolute atomic E-state index is 13.0. The third-order valence-electron chi connectivity index (χ3n) is 1.83. The molecule has 0 saturated heterocycles. The Labute approximate surface area is 93.8 Å². The summed E-state index contributed by atoms with van der Waals surface area (Å²) in [6.07, 6.45) is -5.82. The highest BCUT2D eigenvalue weighted by atomic mass is 19.4. The van der Waals surface area contributed by atoms with E-state index in [-0.39, 0.29) is 6.42 Å². The summed E-state index contributed by atoms with van der Waals surface area (Å²) >= 11 is 0. The SMILES string of the molecule is CC(C)(C)Cc1nnnn1C(F)(F)C(F)(F)F. The number of nitrogens with zero attached hydrogens (tertiary/aromatic N) is 4. The van der Waals surface area contributed by atoms with Crippen molar-refractivity contribution in [2.24, 2.45) is 5.41 Å². The molecular weight excluding hydrogens is 247 g/mol. The zero-order chi connectivity index (χ0) is 13.5. The molecule has 9 heteroatoms. The minimum absolute atomic E-state index is 0.0916. The molecule has 0 saturated carbocycles. The van der Waals surface area contributed by atoms with Crippen molar-refractivity contribution in [3.8, 4) is 0 Å². The Hall–Kier alpha value is -1.28. The Bertz CT molecular complexity index is 389. The van der Waals surface area contributed by atoms with E-state index in [1.807, 2.05) is 0 Å². The zero-order valence-corrected chi connectivity index (χ0v) is 9.39. The van der Waals surface area contributed by atoms with E-state index in [4.69, 9.17) is 0 Å². The molecule has 1 aromatic heterocycles. The van der Waals surface area contributed by atoms with Crippen molar-refractivity contribution in [1.29, 1.82) is 0 Å². The van der Waals surface area contributed by atoms with Gasteiger partial charge in [0.05, 0.1) is 0 Å². The molecule has 98 valence electrons. The number of tetrazole rings is 1. The lowest BCUT2D eigenvalue weighted by molar-refractivity contribution is -0.329. The van der Waals surface area contributed by atoms with E-state index >= 15 is 0 Å². The molecule has 1 heterocycles. The lowest BCUT2D eigenvalue weighted by Crippen LogP contribution is -2.41.